The van der Waals surface area contributed by atoms with Crippen LogP contribution in [0.4, 0.5) is 0 Å². The molecular weight excluding hydrogens is 182 g/mol. The van der Waals surface area contributed by atoms with Gasteiger partial charge in [-0.15, -0.1) is 0 Å². The summed E-state index contributed by atoms with van der Waals surface area (Å²) in [5, 5.41) is 0.716. The van der Waals surface area contributed by atoms with E-state index in [2.05, 4.69) is 11.1 Å². The summed E-state index contributed by atoms with van der Waals surface area (Å²) >= 11 is 6.01. The molecule has 0 atom stereocenters. The van der Waals surface area contributed by atoms with Gasteiger partial charge in [-0.05, 0) is 29.8 Å². The zero-order valence-electron chi connectivity index (χ0n) is 6.87. The van der Waals surface area contributed by atoms with Crippen LogP contribution in [0, 0.1) is 6.07 Å². The monoisotopic (exact) mass is 188 g/mol. The van der Waals surface area contributed by atoms with E-state index >= 15 is 0 Å². The molecule has 0 fully saturated rings. The van der Waals surface area contributed by atoms with Crippen molar-refractivity contribution in [2.24, 2.45) is 0 Å². The number of aromatic nitrogens is 1. The van der Waals surface area contributed by atoms with Crippen molar-refractivity contribution in [2.45, 2.75) is 0 Å². The molecule has 2 rings (SSSR count). The van der Waals surface area contributed by atoms with E-state index in [4.69, 9.17) is 11.6 Å². The Bertz CT molecular complexity index is 398. The van der Waals surface area contributed by atoms with Crippen molar-refractivity contribution < 1.29 is 0 Å². The Hall–Kier alpha value is -1.34. The summed E-state index contributed by atoms with van der Waals surface area (Å²) in [5.41, 5.74) is 1.96. The van der Waals surface area contributed by atoms with Gasteiger partial charge in [0.2, 0.25) is 0 Å². The van der Waals surface area contributed by atoms with E-state index < -0.39 is 0 Å². The largest absolute Gasteiger partial charge is 0.265 e. The van der Waals surface area contributed by atoms with Gasteiger partial charge in [0.15, 0.2) is 0 Å². The number of halogens is 1. The molecule has 2 aromatic rings. The van der Waals surface area contributed by atoms with Gasteiger partial charge in [-0.1, -0.05) is 23.7 Å². The fourth-order valence-electron chi connectivity index (χ4n) is 1.16. The molecule has 1 nitrogen and oxygen atoms in total. The van der Waals surface area contributed by atoms with E-state index in [-0.39, 0.29) is 0 Å². The molecule has 2 heteroatoms. The van der Waals surface area contributed by atoms with Gasteiger partial charge in [0.05, 0.1) is 0 Å². The molecular formula is C11H7ClN. The van der Waals surface area contributed by atoms with E-state index in [0.717, 1.165) is 11.1 Å². The lowest BCUT2D eigenvalue weighted by Crippen LogP contribution is -1.79. The Morgan fingerprint density at radius 2 is 1.92 bits per heavy atom. The second-order valence-corrected chi connectivity index (χ2v) is 3.04. The van der Waals surface area contributed by atoms with Gasteiger partial charge in [0.1, 0.15) is 0 Å². The van der Waals surface area contributed by atoms with Crippen LogP contribution in [0.25, 0.3) is 11.1 Å². The van der Waals surface area contributed by atoms with Gasteiger partial charge >= 0.3 is 0 Å². The van der Waals surface area contributed by atoms with Crippen molar-refractivity contribution in [3.05, 3.63) is 53.8 Å². The van der Waals surface area contributed by atoms with E-state index in [1.165, 1.54) is 0 Å². The highest BCUT2D eigenvalue weighted by molar-refractivity contribution is 6.33. The minimum Gasteiger partial charge on any atom is -0.265 e. The minimum absolute atomic E-state index is 0.716. The maximum absolute atomic E-state index is 6.01. The number of hydrogen-bond donors (Lipinski definition) is 0. The van der Waals surface area contributed by atoms with Crippen LogP contribution in [-0.4, -0.2) is 4.98 Å². The van der Waals surface area contributed by atoms with E-state index in [1.54, 1.807) is 12.4 Å². The van der Waals surface area contributed by atoms with Crippen molar-refractivity contribution in [3.63, 3.8) is 0 Å². The summed E-state index contributed by atoms with van der Waals surface area (Å²) in [4.78, 5) is 3.94. The van der Waals surface area contributed by atoms with Crippen molar-refractivity contribution >= 4 is 11.6 Å². The van der Waals surface area contributed by atoms with E-state index in [9.17, 15) is 0 Å². The highest BCUT2D eigenvalue weighted by atomic mass is 35.5. The normalized spacial score (nSPS) is 9.92. The third-order valence-corrected chi connectivity index (χ3v) is 2.09. The Balaban J connectivity index is 2.54. The summed E-state index contributed by atoms with van der Waals surface area (Å²) in [5.74, 6) is 0. The number of nitrogens with zero attached hydrogens (tertiary/aromatic N) is 1. The summed E-state index contributed by atoms with van der Waals surface area (Å²) in [6, 6.07) is 12.5. The standard InChI is InChI=1S/C11H7ClN/c12-11-4-2-1-3-10(11)9-5-7-13-8-6-9/h1-2,4-8H. The number of benzene rings is 1. The van der Waals surface area contributed by atoms with Crippen LogP contribution in [-0.2, 0) is 0 Å². The Kier molecular flexibility index (Phi) is 2.28. The summed E-state index contributed by atoms with van der Waals surface area (Å²) in [6.45, 7) is 0. The molecule has 1 aromatic heterocycles. The molecule has 0 aliphatic rings. The lowest BCUT2D eigenvalue weighted by atomic mass is 10.1. The first kappa shape index (κ1) is 8.27. The van der Waals surface area contributed by atoms with Crippen LogP contribution in [0.1, 0.15) is 0 Å². The zero-order valence-corrected chi connectivity index (χ0v) is 7.62. The van der Waals surface area contributed by atoms with Gasteiger partial charge in [-0.25, -0.2) is 0 Å². The molecule has 63 valence electrons. The van der Waals surface area contributed by atoms with Crippen molar-refractivity contribution in [1.82, 2.24) is 4.98 Å². The first-order valence-corrected chi connectivity index (χ1v) is 4.32. The molecule has 0 N–H and O–H groups in total. The van der Waals surface area contributed by atoms with Gasteiger partial charge in [-0.3, -0.25) is 4.98 Å². The Morgan fingerprint density at radius 3 is 2.62 bits per heavy atom. The average Bonchev–Trinajstić information content (AvgIpc) is 2.20. The lowest BCUT2D eigenvalue weighted by molar-refractivity contribution is 1.33. The SMILES string of the molecule is Clc1ccc[c]c1-c1ccncc1. The van der Waals surface area contributed by atoms with Crippen molar-refractivity contribution in [2.75, 3.05) is 0 Å². The van der Waals surface area contributed by atoms with Crippen LogP contribution in [0.3, 0.4) is 0 Å². The smallest absolute Gasteiger partial charge is 0.0490 e. The predicted octanol–water partition coefficient (Wildman–Crippen LogP) is 3.20. The first-order valence-electron chi connectivity index (χ1n) is 3.94. The molecule has 0 saturated carbocycles. The number of rotatable bonds is 1. The number of hydrogen-bond acceptors (Lipinski definition) is 1. The second kappa shape index (κ2) is 3.58. The Morgan fingerprint density at radius 1 is 1.15 bits per heavy atom. The molecule has 13 heavy (non-hydrogen) atoms. The molecule has 0 saturated heterocycles. The van der Waals surface area contributed by atoms with Gasteiger partial charge in [0.25, 0.3) is 0 Å². The summed E-state index contributed by atoms with van der Waals surface area (Å²) in [7, 11) is 0. The minimum atomic E-state index is 0.716. The maximum atomic E-state index is 6.01. The predicted molar refractivity (Wildman–Crippen MR) is 53.5 cm³/mol. The fraction of sp³-hybridized carbons (Fsp3) is 0. The van der Waals surface area contributed by atoms with Crippen molar-refractivity contribution in [1.29, 1.82) is 0 Å². The summed E-state index contributed by atoms with van der Waals surface area (Å²) in [6.07, 6.45) is 3.49. The van der Waals surface area contributed by atoms with E-state index in [0.29, 0.717) is 5.02 Å². The molecule has 0 bridgehead atoms. The van der Waals surface area contributed by atoms with Crippen LogP contribution in [0.5, 0.6) is 0 Å². The third-order valence-electron chi connectivity index (χ3n) is 1.77. The third kappa shape index (κ3) is 1.70. The van der Waals surface area contributed by atoms with Gasteiger partial charge < -0.3 is 0 Å². The van der Waals surface area contributed by atoms with Crippen LogP contribution in [0.15, 0.2) is 42.7 Å². The molecule has 0 aliphatic carbocycles. The highest BCUT2D eigenvalue weighted by Crippen LogP contribution is 2.25. The van der Waals surface area contributed by atoms with Crippen LogP contribution < -0.4 is 0 Å². The lowest BCUT2D eigenvalue weighted by Gasteiger charge is -2.01. The molecule has 0 spiro atoms. The fourth-order valence-corrected chi connectivity index (χ4v) is 1.39. The average molecular weight is 189 g/mol. The topological polar surface area (TPSA) is 12.9 Å². The molecule has 1 radical (unpaired) electrons. The first-order chi connectivity index (χ1) is 6.38. The Labute approximate surface area is 82.0 Å². The quantitative estimate of drug-likeness (QED) is 0.670. The van der Waals surface area contributed by atoms with Crippen LogP contribution >= 0.6 is 11.6 Å². The molecule has 0 aliphatic heterocycles. The molecule has 0 amide bonds. The highest BCUT2D eigenvalue weighted by Gasteiger charge is 2.00. The molecule has 0 unspecified atom stereocenters. The van der Waals surface area contributed by atoms with Crippen molar-refractivity contribution in [3.8, 4) is 11.1 Å². The van der Waals surface area contributed by atoms with Crippen LogP contribution in [0.2, 0.25) is 5.02 Å². The van der Waals surface area contributed by atoms with Gasteiger partial charge in [-0.2, -0.15) is 0 Å². The second-order valence-electron chi connectivity index (χ2n) is 2.63. The molecule has 1 heterocycles. The maximum Gasteiger partial charge on any atom is 0.0490 e. The van der Waals surface area contributed by atoms with E-state index in [1.807, 2.05) is 30.3 Å². The summed E-state index contributed by atoms with van der Waals surface area (Å²) < 4.78 is 0. The zero-order chi connectivity index (χ0) is 9.10. The van der Waals surface area contributed by atoms with Gasteiger partial charge in [0, 0.05) is 23.0 Å². The molecule has 1 aromatic carbocycles. The number of pyridine rings is 1.